The van der Waals surface area contributed by atoms with Crippen LogP contribution in [0.4, 0.5) is 5.82 Å². The van der Waals surface area contributed by atoms with Gasteiger partial charge in [0.25, 0.3) is 0 Å². The fourth-order valence-electron chi connectivity index (χ4n) is 1.05. The summed E-state index contributed by atoms with van der Waals surface area (Å²) in [6.07, 6.45) is 1.10. The van der Waals surface area contributed by atoms with E-state index in [2.05, 4.69) is 14.4 Å². The number of anilines is 1. The Labute approximate surface area is 106 Å². The standard InChI is InChI=1S/C8H14N4O4S2/c1-10-17(13,14)5-4-12-18(15,16)7-2-3-8(9)11-6-7/h2-3,6,10,12H,4-5H2,1H3,(H2,9,11). The van der Waals surface area contributed by atoms with Gasteiger partial charge in [0.2, 0.25) is 20.0 Å². The molecule has 0 aliphatic rings. The fraction of sp³-hybridized carbons (Fsp3) is 0.375. The van der Waals surface area contributed by atoms with Gasteiger partial charge in [0.15, 0.2) is 0 Å². The van der Waals surface area contributed by atoms with Gasteiger partial charge in [0.1, 0.15) is 10.7 Å². The zero-order valence-electron chi connectivity index (χ0n) is 9.62. The second-order valence-electron chi connectivity index (χ2n) is 3.34. The Hall–Kier alpha value is -1.23. The number of nitrogen functional groups attached to an aromatic ring is 1. The average molecular weight is 294 g/mol. The number of hydrogen-bond acceptors (Lipinski definition) is 6. The summed E-state index contributed by atoms with van der Waals surface area (Å²) >= 11 is 0. The minimum absolute atomic E-state index is 0.0708. The van der Waals surface area contributed by atoms with Crippen molar-refractivity contribution < 1.29 is 16.8 Å². The summed E-state index contributed by atoms with van der Waals surface area (Å²) in [5.74, 6) is -0.141. The summed E-state index contributed by atoms with van der Waals surface area (Å²) in [5, 5.41) is 0. The number of nitrogens with two attached hydrogens (primary N) is 1. The molecule has 0 spiro atoms. The van der Waals surface area contributed by atoms with Crippen LogP contribution in [0.25, 0.3) is 0 Å². The van der Waals surface area contributed by atoms with Crippen LogP contribution in [-0.2, 0) is 20.0 Å². The molecule has 0 aromatic carbocycles. The molecule has 10 heteroatoms. The molecule has 1 heterocycles. The Kier molecular flexibility index (Phi) is 4.62. The minimum Gasteiger partial charge on any atom is -0.384 e. The number of pyridine rings is 1. The van der Waals surface area contributed by atoms with Crippen LogP contribution < -0.4 is 15.2 Å². The van der Waals surface area contributed by atoms with E-state index in [1.165, 1.54) is 19.2 Å². The third kappa shape index (κ3) is 4.22. The van der Waals surface area contributed by atoms with Crippen LogP contribution in [0.3, 0.4) is 0 Å². The second kappa shape index (κ2) is 5.61. The Balaban J connectivity index is 2.69. The van der Waals surface area contributed by atoms with E-state index in [9.17, 15) is 16.8 Å². The lowest BCUT2D eigenvalue weighted by Crippen LogP contribution is -2.33. The molecular formula is C8H14N4O4S2. The van der Waals surface area contributed by atoms with E-state index >= 15 is 0 Å². The van der Waals surface area contributed by atoms with Crippen molar-refractivity contribution in [3.8, 4) is 0 Å². The maximum Gasteiger partial charge on any atom is 0.242 e. The van der Waals surface area contributed by atoms with Gasteiger partial charge < -0.3 is 5.73 Å². The molecule has 0 aliphatic heterocycles. The van der Waals surface area contributed by atoms with E-state index in [1.54, 1.807) is 0 Å². The van der Waals surface area contributed by atoms with Gasteiger partial charge in [-0.15, -0.1) is 0 Å². The first-order valence-corrected chi connectivity index (χ1v) is 8.03. The number of rotatable bonds is 6. The van der Waals surface area contributed by atoms with Gasteiger partial charge in [-0.05, 0) is 19.2 Å². The van der Waals surface area contributed by atoms with Gasteiger partial charge in [-0.2, -0.15) is 0 Å². The van der Waals surface area contributed by atoms with Crippen LogP contribution >= 0.6 is 0 Å². The van der Waals surface area contributed by atoms with Gasteiger partial charge in [0.05, 0.1) is 5.75 Å². The van der Waals surface area contributed by atoms with E-state index in [4.69, 9.17) is 5.73 Å². The lowest BCUT2D eigenvalue weighted by Gasteiger charge is -2.06. The molecule has 0 saturated carbocycles. The molecule has 0 unspecified atom stereocenters. The highest BCUT2D eigenvalue weighted by Crippen LogP contribution is 2.07. The molecule has 18 heavy (non-hydrogen) atoms. The van der Waals surface area contributed by atoms with E-state index in [0.29, 0.717) is 0 Å². The summed E-state index contributed by atoms with van der Waals surface area (Å²) in [7, 11) is -5.95. The number of aromatic nitrogens is 1. The predicted molar refractivity (Wildman–Crippen MR) is 66.7 cm³/mol. The summed E-state index contributed by atoms with van der Waals surface area (Å²) in [6.45, 7) is -0.226. The van der Waals surface area contributed by atoms with Crippen LogP contribution in [0.1, 0.15) is 0 Å². The number of nitrogens with zero attached hydrogens (tertiary/aromatic N) is 1. The van der Waals surface area contributed by atoms with E-state index in [0.717, 1.165) is 6.20 Å². The normalized spacial score (nSPS) is 12.5. The maximum absolute atomic E-state index is 11.7. The molecule has 0 radical (unpaired) electrons. The van der Waals surface area contributed by atoms with E-state index in [-0.39, 0.29) is 23.0 Å². The molecule has 0 atom stereocenters. The Morgan fingerprint density at radius 1 is 1.28 bits per heavy atom. The molecule has 4 N–H and O–H groups in total. The quantitative estimate of drug-likeness (QED) is 0.584. The molecule has 0 fully saturated rings. The van der Waals surface area contributed by atoms with Crippen molar-refractivity contribution in [3.05, 3.63) is 18.3 Å². The van der Waals surface area contributed by atoms with Crippen LogP contribution in [-0.4, -0.2) is 41.2 Å². The molecular weight excluding hydrogens is 280 g/mol. The zero-order valence-corrected chi connectivity index (χ0v) is 11.3. The number of hydrogen-bond donors (Lipinski definition) is 3. The first-order valence-electron chi connectivity index (χ1n) is 4.89. The van der Waals surface area contributed by atoms with Gasteiger partial charge >= 0.3 is 0 Å². The summed E-state index contributed by atoms with van der Waals surface area (Å²) in [4.78, 5) is 3.58. The van der Waals surface area contributed by atoms with Crippen molar-refractivity contribution in [3.63, 3.8) is 0 Å². The third-order valence-corrected chi connectivity index (χ3v) is 4.85. The Bertz CT molecular complexity index is 594. The van der Waals surface area contributed by atoms with Crippen molar-refractivity contribution >= 4 is 25.9 Å². The van der Waals surface area contributed by atoms with Gasteiger partial charge in [0, 0.05) is 12.7 Å². The van der Waals surface area contributed by atoms with Crippen molar-refractivity contribution in [1.29, 1.82) is 0 Å². The second-order valence-corrected chi connectivity index (χ2v) is 7.15. The summed E-state index contributed by atoms with van der Waals surface area (Å²) < 4.78 is 49.8. The van der Waals surface area contributed by atoms with Crippen LogP contribution in [0.2, 0.25) is 0 Å². The molecule has 1 aromatic heterocycles. The van der Waals surface area contributed by atoms with Crippen LogP contribution in [0, 0.1) is 0 Å². The zero-order chi connectivity index (χ0) is 13.8. The number of nitrogens with one attached hydrogen (secondary N) is 2. The van der Waals surface area contributed by atoms with Crippen molar-refractivity contribution in [1.82, 2.24) is 14.4 Å². The SMILES string of the molecule is CNS(=O)(=O)CCNS(=O)(=O)c1ccc(N)nc1. The molecule has 0 saturated heterocycles. The molecule has 1 rings (SSSR count). The Morgan fingerprint density at radius 3 is 2.44 bits per heavy atom. The van der Waals surface area contributed by atoms with E-state index in [1.807, 2.05) is 0 Å². The predicted octanol–water partition coefficient (Wildman–Crippen LogP) is -1.51. The van der Waals surface area contributed by atoms with Crippen molar-refractivity contribution in [2.75, 3.05) is 25.1 Å². The highest BCUT2D eigenvalue weighted by atomic mass is 32.2. The van der Waals surface area contributed by atoms with Crippen LogP contribution in [0.15, 0.2) is 23.2 Å². The minimum atomic E-state index is -3.77. The highest BCUT2D eigenvalue weighted by Gasteiger charge is 2.15. The third-order valence-electron chi connectivity index (χ3n) is 2.04. The maximum atomic E-state index is 11.7. The van der Waals surface area contributed by atoms with Gasteiger partial charge in [-0.25, -0.2) is 31.3 Å². The van der Waals surface area contributed by atoms with Crippen molar-refractivity contribution in [2.45, 2.75) is 4.90 Å². The average Bonchev–Trinajstić information content (AvgIpc) is 2.29. The fourth-order valence-corrected chi connectivity index (χ4v) is 2.73. The number of sulfonamides is 2. The van der Waals surface area contributed by atoms with Gasteiger partial charge in [-0.1, -0.05) is 0 Å². The molecule has 0 amide bonds. The molecule has 8 nitrogen and oxygen atoms in total. The largest absolute Gasteiger partial charge is 0.384 e. The summed E-state index contributed by atoms with van der Waals surface area (Å²) in [5.41, 5.74) is 5.33. The molecule has 1 aromatic rings. The first kappa shape index (κ1) is 14.8. The van der Waals surface area contributed by atoms with Gasteiger partial charge in [-0.3, -0.25) is 0 Å². The van der Waals surface area contributed by atoms with Crippen molar-refractivity contribution in [2.24, 2.45) is 0 Å². The summed E-state index contributed by atoms with van der Waals surface area (Å²) in [6, 6.07) is 2.64. The lowest BCUT2D eigenvalue weighted by atomic mass is 10.5. The van der Waals surface area contributed by atoms with Crippen LogP contribution in [0.5, 0.6) is 0 Å². The lowest BCUT2D eigenvalue weighted by molar-refractivity contribution is 0.578. The monoisotopic (exact) mass is 294 g/mol. The Morgan fingerprint density at radius 2 is 1.94 bits per heavy atom. The highest BCUT2D eigenvalue weighted by molar-refractivity contribution is 7.90. The smallest absolute Gasteiger partial charge is 0.242 e. The first-order chi connectivity index (χ1) is 8.27. The molecule has 102 valence electrons. The molecule has 0 bridgehead atoms. The topological polar surface area (TPSA) is 131 Å². The van der Waals surface area contributed by atoms with E-state index < -0.39 is 20.0 Å². The molecule has 0 aliphatic carbocycles.